The van der Waals surface area contributed by atoms with Gasteiger partial charge in [0.05, 0.1) is 11.8 Å². The molecule has 1 saturated heterocycles. The molecule has 0 saturated carbocycles. The number of anilines is 1. The molecule has 2 aromatic rings. The van der Waals surface area contributed by atoms with Crippen LogP contribution in [0.25, 0.3) is 11.1 Å². The van der Waals surface area contributed by atoms with Crippen molar-refractivity contribution in [3.05, 3.63) is 36.0 Å². The van der Waals surface area contributed by atoms with E-state index >= 15 is 0 Å². The average molecular weight is 260 g/mol. The summed E-state index contributed by atoms with van der Waals surface area (Å²) in [5, 5.41) is 3.71. The Morgan fingerprint density at radius 1 is 1.17 bits per heavy atom. The topological polar surface area (TPSA) is 52.0 Å². The van der Waals surface area contributed by atoms with Crippen molar-refractivity contribution in [2.45, 2.75) is 18.8 Å². The zero-order valence-electron chi connectivity index (χ0n) is 10.1. The van der Waals surface area contributed by atoms with Crippen molar-refractivity contribution in [2.75, 3.05) is 17.2 Å². The van der Waals surface area contributed by atoms with Gasteiger partial charge in [0, 0.05) is 0 Å². The first kappa shape index (κ1) is 11.7. The molecule has 0 aliphatic carbocycles. The molecule has 1 aromatic heterocycles. The smallest absolute Gasteiger partial charge is 0.229 e. The summed E-state index contributed by atoms with van der Waals surface area (Å²) in [5.41, 5.74) is 9.11. The van der Waals surface area contributed by atoms with Crippen molar-refractivity contribution in [1.29, 1.82) is 0 Å². The third-order valence-corrected chi connectivity index (χ3v) is 4.56. The average Bonchev–Trinajstić information content (AvgIpc) is 2.86. The largest absolute Gasteiger partial charge is 0.367 e. The molecular formula is C14H16N2OS. The molecule has 0 amide bonds. The molecule has 2 N–H and O–H groups in total. The van der Waals surface area contributed by atoms with E-state index in [2.05, 4.69) is 41.2 Å². The summed E-state index contributed by atoms with van der Waals surface area (Å²) in [6.07, 6.45) is 4.25. The Hall–Kier alpha value is -1.42. The van der Waals surface area contributed by atoms with Gasteiger partial charge in [-0.1, -0.05) is 29.4 Å². The molecule has 0 atom stereocenters. The molecule has 3 nitrogen and oxygen atoms in total. The van der Waals surface area contributed by atoms with E-state index in [0.29, 0.717) is 5.88 Å². The van der Waals surface area contributed by atoms with Crippen molar-refractivity contribution in [2.24, 2.45) is 0 Å². The fourth-order valence-electron chi connectivity index (χ4n) is 2.43. The minimum Gasteiger partial charge on any atom is -0.367 e. The Morgan fingerprint density at radius 2 is 1.89 bits per heavy atom. The van der Waals surface area contributed by atoms with Crippen LogP contribution in [-0.4, -0.2) is 16.7 Å². The first-order chi connectivity index (χ1) is 8.84. The fraction of sp³-hybridized carbons (Fsp3) is 0.357. The molecule has 4 heteroatoms. The number of aromatic nitrogens is 1. The van der Waals surface area contributed by atoms with E-state index in [-0.39, 0.29) is 0 Å². The lowest BCUT2D eigenvalue weighted by atomic mass is 9.92. The summed E-state index contributed by atoms with van der Waals surface area (Å²) in [7, 11) is 0. The lowest BCUT2D eigenvalue weighted by molar-refractivity contribution is 0.436. The van der Waals surface area contributed by atoms with Crippen LogP contribution in [-0.2, 0) is 0 Å². The van der Waals surface area contributed by atoms with E-state index in [4.69, 9.17) is 10.3 Å². The highest BCUT2D eigenvalue weighted by Crippen LogP contribution is 2.33. The molecule has 0 unspecified atom stereocenters. The van der Waals surface area contributed by atoms with E-state index in [0.717, 1.165) is 17.0 Å². The number of hydrogen-bond donors (Lipinski definition) is 1. The lowest BCUT2D eigenvalue weighted by Crippen LogP contribution is -2.07. The predicted molar refractivity (Wildman–Crippen MR) is 75.7 cm³/mol. The van der Waals surface area contributed by atoms with Crippen LogP contribution in [0.5, 0.6) is 0 Å². The fourth-order valence-corrected chi connectivity index (χ4v) is 3.54. The molecule has 2 heterocycles. The number of nitrogen functional groups attached to an aromatic ring is 1. The van der Waals surface area contributed by atoms with Crippen molar-refractivity contribution in [3.63, 3.8) is 0 Å². The molecule has 3 rings (SSSR count). The summed E-state index contributed by atoms with van der Waals surface area (Å²) in [6.45, 7) is 0. The Balaban J connectivity index is 1.82. The number of benzene rings is 1. The second-order valence-electron chi connectivity index (χ2n) is 4.61. The van der Waals surface area contributed by atoms with Crippen molar-refractivity contribution < 1.29 is 4.52 Å². The van der Waals surface area contributed by atoms with Crippen LogP contribution >= 0.6 is 11.8 Å². The van der Waals surface area contributed by atoms with Crippen LogP contribution in [0, 0.1) is 0 Å². The molecular weight excluding hydrogens is 244 g/mol. The highest BCUT2D eigenvalue weighted by Gasteiger charge is 2.16. The first-order valence-corrected chi connectivity index (χ1v) is 7.38. The highest BCUT2D eigenvalue weighted by atomic mass is 32.2. The quantitative estimate of drug-likeness (QED) is 0.897. The van der Waals surface area contributed by atoms with Crippen molar-refractivity contribution >= 4 is 17.6 Å². The van der Waals surface area contributed by atoms with E-state index in [1.54, 1.807) is 6.20 Å². The van der Waals surface area contributed by atoms with E-state index in [1.807, 2.05) is 0 Å². The van der Waals surface area contributed by atoms with E-state index < -0.39 is 0 Å². The second-order valence-corrected chi connectivity index (χ2v) is 5.84. The third-order valence-electron chi connectivity index (χ3n) is 3.51. The van der Waals surface area contributed by atoms with Gasteiger partial charge in [0.15, 0.2) is 0 Å². The van der Waals surface area contributed by atoms with Gasteiger partial charge in [0.1, 0.15) is 0 Å². The highest BCUT2D eigenvalue weighted by molar-refractivity contribution is 7.99. The Bertz CT molecular complexity index is 515. The van der Waals surface area contributed by atoms with Crippen molar-refractivity contribution in [3.8, 4) is 11.1 Å². The van der Waals surface area contributed by atoms with E-state index in [9.17, 15) is 0 Å². The van der Waals surface area contributed by atoms with Gasteiger partial charge in [0.2, 0.25) is 5.88 Å². The zero-order chi connectivity index (χ0) is 12.4. The van der Waals surface area contributed by atoms with Crippen LogP contribution in [0.2, 0.25) is 0 Å². The Morgan fingerprint density at radius 3 is 2.50 bits per heavy atom. The van der Waals surface area contributed by atoms with Gasteiger partial charge in [0.25, 0.3) is 0 Å². The predicted octanol–water partition coefficient (Wildman–Crippen LogP) is 3.53. The Kier molecular flexibility index (Phi) is 3.28. The SMILES string of the molecule is Nc1oncc1-c1ccc(C2CCSCC2)cc1. The maximum absolute atomic E-state index is 5.72. The van der Waals surface area contributed by atoms with Crippen LogP contribution in [0.1, 0.15) is 24.3 Å². The summed E-state index contributed by atoms with van der Waals surface area (Å²) in [6, 6.07) is 8.64. The van der Waals surface area contributed by atoms with Gasteiger partial charge in [-0.25, -0.2) is 0 Å². The molecule has 18 heavy (non-hydrogen) atoms. The zero-order valence-corrected chi connectivity index (χ0v) is 11.0. The normalized spacial score (nSPS) is 16.9. The van der Waals surface area contributed by atoms with Gasteiger partial charge >= 0.3 is 0 Å². The van der Waals surface area contributed by atoms with Crippen molar-refractivity contribution in [1.82, 2.24) is 5.16 Å². The Labute approximate surface area is 111 Å². The standard InChI is InChI=1S/C14H16N2OS/c15-14-13(9-16-17-14)12-3-1-10(2-4-12)11-5-7-18-8-6-11/h1-4,9,11H,5-8,15H2. The van der Waals surface area contributed by atoms with E-state index in [1.165, 1.54) is 29.9 Å². The van der Waals surface area contributed by atoms with Gasteiger partial charge in [-0.2, -0.15) is 11.8 Å². The van der Waals surface area contributed by atoms with Crippen LogP contribution in [0.4, 0.5) is 5.88 Å². The molecule has 0 bridgehead atoms. The monoisotopic (exact) mass is 260 g/mol. The summed E-state index contributed by atoms with van der Waals surface area (Å²) in [4.78, 5) is 0. The summed E-state index contributed by atoms with van der Waals surface area (Å²) in [5.74, 6) is 3.67. The minimum atomic E-state index is 0.386. The molecule has 1 aliphatic heterocycles. The lowest BCUT2D eigenvalue weighted by Gasteiger charge is -2.21. The first-order valence-electron chi connectivity index (χ1n) is 6.23. The maximum atomic E-state index is 5.72. The van der Waals surface area contributed by atoms with Gasteiger partial charge in [-0.05, 0) is 41.4 Å². The summed E-state index contributed by atoms with van der Waals surface area (Å²) >= 11 is 2.06. The van der Waals surface area contributed by atoms with Gasteiger partial charge < -0.3 is 10.3 Å². The second kappa shape index (κ2) is 5.06. The molecule has 1 aromatic carbocycles. The third kappa shape index (κ3) is 2.25. The molecule has 0 spiro atoms. The number of nitrogens with zero attached hydrogens (tertiary/aromatic N) is 1. The van der Waals surface area contributed by atoms with Gasteiger partial charge in [-0.15, -0.1) is 0 Å². The molecule has 1 fully saturated rings. The maximum Gasteiger partial charge on any atom is 0.229 e. The van der Waals surface area contributed by atoms with Crippen LogP contribution in [0.3, 0.4) is 0 Å². The van der Waals surface area contributed by atoms with Gasteiger partial charge in [-0.3, -0.25) is 0 Å². The molecule has 94 valence electrons. The summed E-state index contributed by atoms with van der Waals surface area (Å²) < 4.78 is 4.89. The minimum absolute atomic E-state index is 0.386. The molecule has 0 radical (unpaired) electrons. The number of nitrogens with two attached hydrogens (primary N) is 1. The molecule has 1 aliphatic rings. The number of thioether (sulfide) groups is 1. The number of rotatable bonds is 2. The van der Waals surface area contributed by atoms with Crippen LogP contribution < -0.4 is 5.73 Å². The number of hydrogen-bond acceptors (Lipinski definition) is 4. The van der Waals surface area contributed by atoms with Crippen LogP contribution in [0.15, 0.2) is 35.0 Å².